The van der Waals surface area contributed by atoms with Gasteiger partial charge in [-0.2, -0.15) is 0 Å². The Balaban J connectivity index is 1.49. The van der Waals surface area contributed by atoms with Crippen molar-refractivity contribution in [3.8, 4) is 23.0 Å². The largest absolute Gasteiger partial charge is 0.496 e. The lowest BCUT2D eigenvalue weighted by molar-refractivity contribution is 0.104. The molecule has 1 heterocycles. The predicted molar refractivity (Wildman–Crippen MR) is 124 cm³/mol. The number of aryl methyl sites for hydroxylation is 1. The van der Waals surface area contributed by atoms with Gasteiger partial charge in [0.1, 0.15) is 31.3 Å². The van der Waals surface area contributed by atoms with Crippen molar-refractivity contribution in [2.24, 2.45) is 0 Å². The molecule has 1 aliphatic rings. The first-order valence-electron chi connectivity index (χ1n) is 10.2. The molecule has 4 rings (SSSR count). The van der Waals surface area contributed by atoms with Crippen LogP contribution in [0, 0.1) is 6.92 Å². The number of rotatable bonds is 7. The van der Waals surface area contributed by atoms with Crippen molar-refractivity contribution < 1.29 is 23.7 Å². The molecule has 0 aromatic heterocycles. The van der Waals surface area contributed by atoms with Gasteiger partial charge in [-0.25, -0.2) is 0 Å². The van der Waals surface area contributed by atoms with E-state index in [0.29, 0.717) is 47.7 Å². The fourth-order valence-corrected chi connectivity index (χ4v) is 3.64. The average Bonchev–Trinajstić information content (AvgIpc) is 2.81. The normalized spacial score (nSPS) is 12.6. The summed E-state index contributed by atoms with van der Waals surface area (Å²) < 4.78 is 22.5. The molecule has 3 aromatic rings. The number of methoxy groups -OCH3 is 1. The van der Waals surface area contributed by atoms with Crippen molar-refractivity contribution in [1.29, 1.82) is 0 Å². The molecule has 0 unspecified atom stereocenters. The Morgan fingerprint density at radius 3 is 2.56 bits per heavy atom. The van der Waals surface area contributed by atoms with Crippen LogP contribution in [0.5, 0.6) is 23.0 Å². The number of ether oxygens (including phenoxy) is 4. The monoisotopic (exact) mass is 450 g/mol. The Bertz CT molecular complexity index is 1170. The van der Waals surface area contributed by atoms with E-state index in [2.05, 4.69) is 0 Å². The van der Waals surface area contributed by atoms with Crippen molar-refractivity contribution in [3.63, 3.8) is 0 Å². The third-order valence-electron chi connectivity index (χ3n) is 5.08. The fraction of sp³-hybridized carbons (Fsp3) is 0.192. The Labute approximate surface area is 192 Å². The van der Waals surface area contributed by atoms with E-state index in [1.807, 2.05) is 37.3 Å². The number of allylic oxidation sites excluding steroid dienone is 1. The maximum atomic E-state index is 12.6. The molecule has 0 saturated heterocycles. The molecule has 0 aliphatic carbocycles. The zero-order valence-corrected chi connectivity index (χ0v) is 18.6. The first-order chi connectivity index (χ1) is 15.5. The van der Waals surface area contributed by atoms with Crippen LogP contribution in [-0.4, -0.2) is 26.1 Å². The van der Waals surface area contributed by atoms with E-state index in [0.717, 1.165) is 22.4 Å². The minimum atomic E-state index is -0.118. The van der Waals surface area contributed by atoms with Gasteiger partial charge in [0.05, 0.1) is 7.11 Å². The summed E-state index contributed by atoms with van der Waals surface area (Å²) in [7, 11) is 1.62. The zero-order valence-electron chi connectivity index (χ0n) is 17.9. The molecule has 1 aliphatic heterocycles. The van der Waals surface area contributed by atoms with Crippen LogP contribution in [0.3, 0.4) is 0 Å². The first kappa shape index (κ1) is 21.8. The second kappa shape index (κ2) is 9.79. The van der Waals surface area contributed by atoms with Crippen molar-refractivity contribution >= 4 is 23.5 Å². The predicted octanol–water partition coefficient (Wildman–Crippen LogP) is 5.90. The summed E-state index contributed by atoms with van der Waals surface area (Å²) in [6, 6.07) is 16.4. The van der Waals surface area contributed by atoms with Gasteiger partial charge in [0.15, 0.2) is 17.3 Å². The van der Waals surface area contributed by atoms with Crippen molar-refractivity contribution in [2.45, 2.75) is 13.5 Å². The molecule has 0 fully saturated rings. The second-order valence-electron chi connectivity index (χ2n) is 7.33. The third kappa shape index (κ3) is 5.06. The van der Waals surface area contributed by atoms with E-state index in [1.165, 1.54) is 0 Å². The highest BCUT2D eigenvalue weighted by Gasteiger charge is 2.14. The quantitative estimate of drug-likeness (QED) is 0.331. The summed E-state index contributed by atoms with van der Waals surface area (Å²) in [5.41, 5.74) is 3.23. The molecule has 0 bridgehead atoms. The average molecular weight is 451 g/mol. The van der Waals surface area contributed by atoms with Crippen LogP contribution >= 0.6 is 11.6 Å². The van der Waals surface area contributed by atoms with Crippen LogP contribution in [0.15, 0.2) is 60.7 Å². The lowest BCUT2D eigenvalue weighted by Crippen LogP contribution is -2.15. The molecule has 164 valence electrons. The summed E-state index contributed by atoms with van der Waals surface area (Å²) >= 11 is 6.02. The van der Waals surface area contributed by atoms with Gasteiger partial charge < -0.3 is 18.9 Å². The van der Waals surface area contributed by atoms with Crippen LogP contribution in [-0.2, 0) is 6.61 Å². The summed E-state index contributed by atoms with van der Waals surface area (Å²) in [6.07, 6.45) is 3.32. The number of benzene rings is 3. The highest BCUT2D eigenvalue weighted by molar-refractivity contribution is 6.30. The van der Waals surface area contributed by atoms with Gasteiger partial charge in [-0.15, -0.1) is 0 Å². The molecule has 0 amide bonds. The molecule has 3 aromatic carbocycles. The molecule has 0 spiro atoms. The van der Waals surface area contributed by atoms with E-state index < -0.39 is 0 Å². The minimum Gasteiger partial charge on any atom is -0.496 e. The van der Waals surface area contributed by atoms with Crippen LogP contribution in [0.25, 0.3) is 6.08 Å². The van der Waals surface area contributed by atoms with Gasteiger partial charge >= 0.3 is 0 Å². The Morgan fingerprint density at radius 2 is 1.78 bits per heavy atom. The number of ketones is 1. The summed E-state index contributed by atoms with van der Waals surface area (Å²) in [5, 5.41) is 0.669. The molecule has 0 atom stereocenters. The number of hydrogen-bond donors (Lipinski definition) is 0. The Hall–Kier alpha value is -3.44. The maximum absolute atomic E-state index is 12.6. The lowest BCUT2D eigenvalue weighted by atomic mass is 10.1. The van der Waals surface area contributed by atoms with E-state index in [9.17, 15) is 4.79 Å². The summed E-state index contributed by atoms with van der Waals surface area (Å²) in [6.45, 7) is 3.26. The number of halogens is 1. The smallest absolute Gasteiger partial charge is 0.185 e. The van der Waals surface area contributed by atoms with Gasteiger partial charge in [-0.05, 0) is 72.7 Å². The molecule has 0 saturated carbocycles. The number of carbonyl (C=O) groups is 1. The van der Waals surface area contributed by atoms with Crippen LogP contribution < -0.4 is 18.9 Å². The maximum Gasteiger partial charge on any atom is 0.185 e. The highest BCUT2D eigenvalue weighted by Crippen LogP contribution is 2.31. The van der Waals surface area contributed by atoms with Crippen molar-refractivity contribution in [2.75, 3.05) is 20.3 Å². The molecule has 0 radical (unpaired) electrons. The standard InChI is InChI=1S/C26H23ClO5/c1-17-13-21(27)6-10-23(17)32-16-20-14-18(4-8-24(20)29-2)3-7-22(28)19-5-9-25-26(15-19)31-12-11-30-25/h3-10,13-15H,11-12,16H2,1-2H3/b7-3+. The van der Waals surface area contributed by atoms with Crippen LogP contribution in [0.2, 0.25) is 5.02 Å². The summed E-state index contributed by atoms with van der Waals surface area (Å²) in [5.74, 6) is 2.61. The Morgan fingerprint density at radius 1 is 1.00 bits per heavy atom. The molecular formula is C26H23ClO5. The van der Waals surface area contributed by atoms with Gasteiger partial charge in [0.2, 0.25) is 0 Å². The van der Waals surface area contributed by atoms with E-state index >= 15 is 0 Å². The zero-order chi connectivity index (χ0) is 22.5. The fourth-order valence-electron chi connectivity index (χ4n) is 3.41. The number of hydrogen-bond acceptors (Lipinski definition) is 5. The van der Waals surface area contributed by atoms with Crippen LogP contribution in [0.1, 0.15) is 27.0 Å². The second-order valence-corrected chi connectivity index (χ2v) is 7.76. The van der Waals surface area contributed by atoms with Gasteiger partial charge in [-0.3, -0.25) is 4.79 Å². The molecule has 5 nitrogen and oxygen atoms in total. The number of fused-ring (bicyclic) bond motifs is 1. The van der Waals surface area contributed by atoms with Gasteiger partial charge in [0.25, 0.3) is 0 Å². The molecule has 6 heteroatoms. The van der Waals surface area contributed by atoms with Crippen molar-refractivity contribution in [1.82, 2.24) is 0 Å². The van der Waals surface area contributed by atoms with E-state index in [1.54, 1.807) is 43.5 Å². The molecule has 32 heavy (non-hydrogen) atoms. The van der Waals surface area contributed by atoms with Crippen LogP contribution in [0.4, 0.5) is 0 Å². The summed E-state index contributed by atoms with van der Waals surface area (Å²) in [4.78, 5) is 12.6. The Kier molecular flexibility index (Phi) is 6.66. The highest BCUT2D eigenvalue weighted by atomic mass is 35.5. The third-order valence-corrected chi connectivity index (χ3v) is 5.31. The SMILES string of the molecule is COc1ccc(/C=C/C(=O)c2ccc3c(c2)OCCO3)cc1COc1ccc(Cl)cc1C. The topological polar surface area (TPSA) is 54.0 Å². The van der Waals surface area contributed by atoms with Crippen molar-refractivity contribution in [3.05, 3.63) is 87.9 Å². The first-order valence-corrected chi connectivity index (χ1v) is 10.6. The van der Waals surface area contributed by atoms with Gasteiger partial charge in [-0.1, -0.05) is 23.7 Å². The molecule has 0 N–H and O–H groups in total. The van der Waals surface area contributed by atoms with Gasteiger partial charge in [0, 0.05) is 16.1 Å². The van der Waals surface area contributed by atoms with E-state index in [-0.39, 0.29) is 5.78 Å². The lowest BCUT2D eigenvalue weighted by Gasteiger charge is -2.18. The molecular weight excluding hydrogens is 428 g/mol. The number of carbonyl (C=O) groups excluding carboxylic acids is 1. The minimum absolute atomic E-state index is 0.118. The van der Waals surface area contributed by atoms with E-state index in [4.69, 9.17) is 30.5 Å².